The van der Waals surface area contributed by atoms with E-state index >= 15 is 0 Å². The third kappa shape index (κ3) is 5.32. The Morgan fingerprint density at radius 2 is 1.77 bits per heavy atom. The van der Waals surface area contributed by atoms with Crippen LogP contribution in [0.1, 0.15) is 33.6 Å². The summed E-state index contributed by atoms with van der Waals surface area (Å²) in [6.07, 6.45) is -4.44. The molecule has 0 aromatic heterocycles. The minimum Gasteiger partial charge on any atom is -0.598 e. The number of rotatable bonds is 3. The van der Waals surface area contributed by atoms with E-state index in [2.05, 4.69) is 4.72 Å². The highest BCUT2D eigenvalue weighted by atomic mass is 32.2. The van der Waals surface area contributed by atoms with Crippen LogP contribution in [0.15, 0.2) is 12.2 Å². The molecule has 0 aromatic carbocycles. The highest BCUT2D eigenvalue weighted by Gasteiger charge is 2.49. The third-order valence-electron chi connectivity index (χ3n) is 4.33. The summed E-state index contributed by atoms with van der Waals surface area (Å²) >= 11 is -0.719. The second-order valence-corrected chi connectivity index (χ2v) is 10.8. The zero-order valence-corrected chi connectivity index (χ0v) is 16.6. The number of allylic oxidation sites excluding steroid dienone is 1. The van der Waals surface area contributed by atoms with Gasteiger partial charge >= 0.3 is 0 Å². The predicted molar refractivity (Wildman–Crippen MR) is 97.3 cm³/mol. The number of fused-ring (bicyclic) bond motifs is 2. The molecule has 2 heterocycles. The Labute approximate surface area is 159 Å². The van der Waals surface area contributed by atoms with Crippen molar-refractivity contribution >= 4 is 23.1 Å². The van der Waals surface area contributed by atoms with Gasteiger partial charge in [-0.2, -0.15) is 0 Å². The lowest BCUT2D eigenvalue weighted by molar-refractivity contribution is -0.203. The molecule has 2 aliphatic rings. The number of nitrogens with one attached hydrogen (secondary N) is 1. The largest absolute Gasteiger partial charge is 0.598 e. The van der Waals surface area contributed by atoms with Gasteiger partial charge in [-0.1, -0.05) is 12.2 Å². The first kappa shape index (κ1) is 22.4. The van der Waals surface area contributed by atoms with Gasteiger partial charge in [-0.3, -0.25) is 0 Å². The monoisotopic (exact) mass is 415 g/mol. The molecule has 6 nitrogen and oxygen atoms in total. The van der Waals surface area contributed by atoms with Gasteiger partial charge in [0.05, 0.1) is 11.3 Å². The second-order valence-electron chi connectivity index (χ2n) is 7.50. The van der Waals surface area contributed by atoms with E-state index in [1.807, 2.05) is 0 Å². The van der Waals surface area contributed by atoms with Gasteiger partial charge in [0, 0.05) is 11.4 Å². The second kappa shape index (κ2) is 9.04. The molecule has 0 aromatic rings. The Kier molecular flexibility index (Phi) is 7.77. The van der Waals surface area contributed by atoms with Crippen molar-refractivity contribution in [2.75, 3.05) is 0 Å². The van der Waals surface area contributed by atoms with Crippen LogP contribution in [-0.4, -0.2) is 72.2 Å². The number of hydrogen-bond acceptors (Lipinski definition) is 7. The molecule has 0 radical (unpaired) electrons. The predicted octanol–water partition coefficient (Wildman–Crippen LogP) is 0.931. The zero-order chi connectivity index (χ0) is 19.6. The van der Waals surface area contributed by atoms with E-state index in [9.17, 15) is 28.7 Å². The number of aliphatic hydroxyl groups excluding tert-OH is 3. The molecule has 2 aliphatic heterocycles. The van der Waals surface area contributed by atoms with Crippen molar-refractivity contribution in [3.63, 3.8) is 0 Å². The zero-order valence-electron chi connectivity index (χ0n) is 14.9. The molecule has 1 saturated heterocycles. The first-order valence-corrected chi connectivity index (χ1v) is 10.6. The molecule has 152 valence electrons. The lowest BCUT2D eigenvalue weighted by atomic mass is 9.93. The van der Waals surface area contributed by atoms with E-state index in [-0.39, 0.29) is 12.8 Å². The smallest absolute Gasteiger partial charge is 0.250 e. The molecule has 0 saturated carbocycles. The van der Waals surface area contributed by atoms with E-state index in [0.717, 1.165) is 11.8 Å². The molecule has 1 unspecified atom stereocenters. The molecule has 4 N–H and O–H groups in total. The van der Waals surface area contributed by atoms with Gasteiger partial charge in [0.2, 0.25) is 0 Å². The molecular weight excluding hydrogens is 388 g/mol. The maximum atomic E-state index is 13.2. The van der Waals surface area contributed by atoms with Crippen LogP contribution in [-0.2, 0) is 16.1 Å². The summed E-state index contributed by atoms with van der Waals surface area (Å²) in [5, 5.41) is 29.6. The fourth-order valence-electron chi connectivity index (χ4n) is 2.75. The van der Waals surface area contributed by atoms with Crippen LogP contribution in [0.2, 0.25) is 0 Å². The van der Waals surface area contributed by atoms with Crippen LogP contribution in [0.5, 0.6) is 0 Å². The van der Waals surface area contributed by atoms with E-state index in [4.69, 9.17) is 4.74 Å². The lowest BCUT2D eigenvalue weighted by Gasteiger charge is -2.44. The maximum Gasteiger partial charge on any atom is 0.250 e. The van der Waals surface area contributed by atoms with Crippen LogP contribution in [0.4, 0.5) is 8.78 Å². The van der Waals surface area contributed by atoms with E-state index in [0.29, 0.717) is 0 Å². The topological polar surface area (TPSA) is 105 Å². The van der Waals surface area contributed by atoms with Crippen LogP contribution < -0.4 is 4.72 Å². The number of hydrogen-bond donors (Lipinski definition) is 4. The van der Waals surface area contributed by atoms with Gasteiger partial charge < -0.3 is 24.6 Å². The SMILES string of the molecule is CC(C)(C)[S+]([O-])N[C@@H]1CC=CC[C@@H](C(F)F)S[C@H]2O[C@H]1[C@H](O)[C@H](O)[C@H]2O. The summed E-state index contributed by atoms with van der Waals surface area (Å²) in [7, 11) is 0. The number of aliphatic hydroxyl groups is 3. The summed E-state index contributed by atoms with van der Waals surface area (Å²) in [5.41, 5.74) is -1.11. The molecule has 0 amide bonds. The van der Waals surface area contributed by atoms with E-state index < -0.39 is 63.7 Å². The van der Waals surface area contributed by atoms with Crippen LogP contribution >= 0.6 is 11.8 Å². The Morgan fingerprint density at radius 1 is 1.15 bits per heavy atom. The summed E-state index contributed by atoms with van der Waals surface area (Å²) in [4.78, 5) is 0. The van der Waals surface area contributed by atoms with Crippen molar-refractivity contribution in [1.82, 2.24) is 4.72 Å². The molecule has 1 fully saturated rings. The number of ether oxygens (including phenoxy) is 1. The maximum absolute atomic E-state index is 13.2. The van der Waals surface area contributed by atoms with Crippen molar-refractivity contribution < 1.29 is 33.4 Å². The summed E-state index contributed by atoms with van der Waals surface area (Å²) in [6, 6.07) is -0.616. The Bertz CT molecular complexity index is 494. The van der Waals surface area contributed by atoms with Crippen molar-refractivity contribution in [3.05, 3.63) is 12.2 Å². The van der Waals surface area contributed by atoms with Crippen LogP contribution in [0, 0.1) is 0 Å². The third-order valence-corrected chi connectivity index (χ3v) is 7.37. The average Bonchev–Trinajstić information content (AvgIpc) is 2.55. The molecule has 8 atom stereocenters. The molecular formula is C16H27F2NO5S2. The fraction of sp³-hybridized carbons (Fsp3) is 0.875. The molecule has 0 aliphatic carbocycles. The van der Waals surface area contributed by atoms with Crippen molar-refractivity contribution in [2.24, 2.45) is 0 Å². The molecule has 10 heteroatoms. The first-order valence-electron chi connectivity index (χ1n) is 8.48. The summed E-state index contributed by atoms with van der Waals surface area (Å²) < 4.78 is 47.0. The molecule has 2 rings (SSSR count). The Morgan fingerprint density at radius 3 is 2.35 bits per heavy atom. The Balaban J connectivity index is 2.28. The highest BCUT2D eigenvalue weighted by molar-refractivity contribution is 8.00. The van der Waals surface area contributed by atoms with Crippen molar-refractivity contribution in [2.45, 2.75) is 85.9 Å². The quantitative estimate of drug-likeness (QED) is 0.401. The highest BCUT2D eigenvalue weighted by Crippen LogP contribution is 2.37. The van der Waals surface area contributed by atoms with Crippen LogP contribution in [0.25, 0.3) is 0 Å². The normalized spacial score (nSPS) is 40.5. The van der Waals surface area contributed by atoms with Gasteiger partial charge in [-0.05, 0) is 33.6 Å². The number of halogens is 2. The van der Waals surface area contributed by atoms with E-state index in [1.165, 1.54) is 0 Å². The van der Waals surface area contributed by atoms with Gasteiger partial charge in [0.25, 0.3) is 6.43 Å². The van der Waals surface area contributed by atoms with Crippen molar-refractivity contribution in [3.8, 4) is 0 Å². The fourth-order valence-corrected chi connectivity index (χ4v) is 4.80. The standard InChI is InChI=1S/C16H27F2NO5S2/c1-16(2,3)26(23)19-8-6-4-5-7-9(14(17)18)25-15-12(22)10(20)11(21)13(8)24-15/h4-5,8-15,19-22H,6-7H2,1-3H3/t8-,9+,10+,11-,12-,13-,15-,26?/m1/s1. The van der Waals surface area contributed by atoms with Crippen molar-refractivity contribution in [1.29, 1.82) is 0 Å². The van der Waals surface area contributed by atoms with Gasteiger partial charge in [0.15, 0.2) is 0 Å². The van der Waals surface area contributed by atoms with Gasteiger partial charge in [-0.25, -0.2) is 8.78 Å². The Hall–Kier alpha value is 0.0600. The molecule has 0 spiro atoms. The molecule has 2 bridgehead atoms. The lowest BCUT2D eigenvalue weighted by Crippen LogP contribution is -2.63. The van der Waals surface area contributed by atoms with Gasteiger partial charge in [-0.15, -0.1) is 16.5 Å². The minimum absolute atomic E-state index is 0.0767. The average molecular weight is 416 g/mol. The van der Waals surface area contributed by atoms with E-state index in [1.54, 1.807) is 32.9 Å². The van der Waals surface area contributed by atoms with Crippen LogP contribution in [0.3, 0.4) is 0 Å². The summed E-state index contributed by atoms with van der Waals surface area (Å²) in [5.74, 6) is 0. The number of thioether (sulfide) groups is 1. The summed E-state index contributed by atoms with van der Waals surface area (Å²) in [6.45, 7) is 5.36. The first-order chi connectivity index (χ1) is 12.0. The minimum atomic E-state index is -2.62. The number of alkyl halides is 2. The molecule has 26 heavy (non-hydrogen) atoms. The van der Waals surface area contributed by atoms with Gasteiger partial charge in [0.1, 0.15) is 34.6 Å².